The monoisotopic (exact) mass is 330 g/mol. The number of aromatic nitrogens is 2. The molecule has 1 aromatic heterocycles. The summed E-state index contributed by atoms with van der Waals surface area (Å²) in [5.74, 6) is -3.14. The fourth-order valence-corrected chi connectivity index (χ4v) is 2.71. The molecule has 1 heterocycles. The Labute approximate surface area is 128 Å². The van der Waals surface area contributed by atoms with Crippen molar-refractivity contribution in [1.82, 2.24) is 10.2 Å². The Morgan fingerprint density at radius 3 is 2.50 bits per heavy atom. The van der Waals surface area contributed by atoms with E-state index in [9.17, 15) is 13.6 Å². The normalized spacial score (nSPS) is 11.4. The number of hydrogen-bond acceptors (Lipinski definition) is 5. The van der Waals surface area contributed by atoms with Crippen LogP contribution in [-0.4, -0.2) is 36.9 Å². The van der Waals surface area contributed by atoms with Crippen molar-refractivity contribution in [3.63, 3.8) is 0 Å². The number of methoxy groups -OCH3 is 1. The van der Waals surface area contributed by atoms with Gasteiger partial charge in [-0.05, 0) is 12.1 Å². The van der Waals surface area contributed by atoms with E-state index >= 15 is 0 Å². The molecular formula is C13H14F2N3O3S+. The maximum Gasteiger partial charge on any atom is 0.464 e. The minimum Gasteiger partial charge on any atom is -0.440 e. The zero-order valence-corrected chi connectivity index (χ0v) is 12.7. The predicted molar refractivity (Wildman–Crippen MR) is 77.7 cm³/mol. The summed E-state index contributed by atoms with van der Waals surface area (Å²) in [6.45, 7) is -0.410. The van der Waals surface area contributed by atoms with Crippen molar-refractivity contribution in [2.24, 2.45) is 0 Å². The summed E-state index contributed by atoms with van der Waals surface area (Å²) in [5.41, 5.74) is 0.672. The van der Waals surface area contributed by atoms with Crippen LogP contribution >= 0.6 is 10.5 Å². The first-order valence-electron chi connectivity index (χ1n) is 6.20. The molecule has 0 N–H and O–H groups in total. The van der Waals surface area contributed by atoms with Crippen molar-refractivity contribution < 1.29 is 23.0 Å². The lowest BCUT2D eigenvalue weighted by molar-refractivity contribution is -0.120. The minimum atomic E-state index is -2.75. The maximum absolute atomic E-state index is 13.0. The number of likely N-dealkylation sites (N-methyl/N-ethyl adjacent to an activating group) is 1. The second-order valence-corrected chi connectivity index (χ2v) is 5.84. The number of hydrogen-bond donors (Lipinski definition) is 0. The number of rotatable bonds is 6. The summed E-state index contributed by atoms with van der Waals surface area (Å²) in [6, 6.07) is 8.90. The van der Waals surface area contributed by atoms with Gasteiger partial charge in [0.15, 0.2) is 17.1 Å². The first-order valence-corrected chi connectivity index (χ1v) is 7.48. The Balaban J connectivity index is 2.04. The van der Waals surface area contributed by atoms with E-state index in [-0.39, 0.29) is 10.4 Å². The van der Waals surface area contributed by atoms with Crippen molar-refractivity contribution in [2.45, 2.75) is 5.76 Å². The summed E-state index contributed by atoms with van der Waals surface area (Å²) in [7, 11) is 1.02. The molecular weight excluding hydrogens is 316 g/mol. The number of halogens is 2. The van der Waals surface area contributed by atoms with Gasteiger partial charge in [-0.25, -0.2) is 0 Å². The Bertz CT molecular complexity index is 637. The number of benzene rings is 1. The third-order valence-electron chi connectivity index (χ3n) is 2.78. The van der Waals surface area contributed by atoms with E-state index in [1.807, 2.05) is 6.07 Å². The summed E-state index contributed by atoms with van der Waals surface area (Å²) in [5, 5.41) is 6.51. The highest BCUT2D eigenvalue weighted by atomic mass is 32.2. The molecule has 9 heteroatoms. The van der Waals surface area contributed by atoms with Gasteiger partial charge in [0.25, 0.3) is 5.91 Å². The molecule has 6 nitrogen and oxygen atoms in total. The van der Waals surface area contributed by atoms with Gasteiger partial charge in [0.2, 0.25) is 0 Å². The molecule has 22 heavy (non-hydrogen) atoms. The average Bonchev–Trinajstić information content (AvgIpc) is 2.96. The smallest absolute Gasteiger partial charge is 0.440 e. The molecule has 0 bridgehead atoms. The zero-order valence-electron chi connectivity index (χ0n) is 11.9. The van der Waals surface area contributed by atoms with Crippen LogP contribution in [0.3, 0.4) is 0 Å². The molecule has 0 radical (unpaired) electrons. The summed E-state index contributed by atoms with van der Waals surface area (Å²) >= 11 is 0. The Kier molecular flexibility index (Phi) is 5.21. The molecule has 0 fully saturated rings. The first-order chi connectivity index (χ1) is 10.5. The molecule has 2 rings (SSSR count). The predicted octanol–water partition coefficient (Wildman–Crippen LogP) is 2.67. The fourth-order valence-electron chi connectivity index (χ4n) is 1.64. The van der Waals surface area contributed by atoms with Crippen LogP contribution in [0.1, 0.15) is 5.76 Å². The Morgan fingerprint density at radius 2 is 1.91 bits per heavy atom. The van der Waals surface area contributed by atoms with E-state index in [1.165, 1.54) is 12.0 Å². The fraction of sp³-hybridized carbons (Fsp3) is 0.308. The van der Waals surface area contributed by atoms with Crippen molar-refractivity contribution in [3.8, 4) is 10.4 Å². The second kappa shape index (κ2) is 7.12. The van der Waals surface area contributed by atoms with Gasteiger partial charge in [0.1, 0.15) is 0 Å². The van der Waals surface area contributed by atoms with E-state index < -0.39 is 28.7 Å². The van der Waals surface area contributed by atoms with Crippen LogP contribution in [0, 0.1) is 0 Å². The van der Waals surface area contributed by atoms with Crippen LogP contribution in [0.4, 0.5) is 14.5 Å². The van der Waals surface area contributed by atoms with Gasteiger partial charge in [-0.3, -0.25) is 4.79 Å². The van der Waals surface area contributed by atoms with Gasteiger partial charge in [-0.1, -0.05) is 28.4 Å². The maximum atomic E-state index is 13.0. The molecule has 0 aliphatic rings. The summed E-state index contributed by atoms with van der Waals surface area (Å²) < 4.78 is 35.8. The Morgan fingerprint density at radius 1 is 1.27 bits per heavy atom. The molecule has 1 atom stereocenters. The lowest BCUT2D eigenvalue weighted by atomic mass is 10.3. The highest BCUT2D eigenvalue weighted by molar-refractivity contribution is 7.34. The van der Waals surface area contributed by atoms with Gasteiger partial charge in [0.05, 0.1) is 7.11 Å². The summed E-state index contributed by atoms with van der Waals surface area (Å²) in [4.78, 5) is 13.4. The van der Waals surface area contributed by atoms with Crippen molar-refractivity contribution in [2.75, 3.05) is 25.7 Å². The molecule has 2 aromatic rings. The molecule has 0 spiro atoms. The molecule has 0 aliphatic carbocycles. The second-order valence-electron chi connectivity index (χ2n) is 4.11. The number of carbonyl (C=O) groups is 1. The molecule has 1 unspecified atom stereocenters. The minimum absolute atomic E-state index is 0.200. The van der Waals surface area contributed by atoms with Crippen LogP contribution in [0.5, 0.6) is 10.4 Å². The van der Waals surface area contributed by atoms with E-state index in [2.05, 4.69) is 10.2 Å². The van der Waals surface area contributed by atoms with Crippen LogP contribution in [0.25, 0.3) is 0 Å². The van der Waals surface area contributed by atoms with E-state index in [1.54, 1.807) is 31.3 Å². The van der Waals surface area contributed by atoms with Gasteiger partial charge in [0, 0.05) is 12.7 Å². The Hall–Kier alpha value is -2.29. The van der Waals surface area contributed by atoms with Gasteiger partial charge >= 0.3 is 16.1 Å². The van der Waals surface area contributed by atoms with Gasteiger partial charge in [-0.2, -0.15) is 8.78 Å². The summed E-state index contributed by atoms with van der Waals surface area (Å²) in [6.07, 6.45) is 0. The lowest BCUT2D eigenvalue weighted by Gasteiger charge is -2.16. The zero-order chi connectivity index (χ0) is 16.1. The largest absolute Gasteiger partial charge is 0.464 e. The highest BCUT2D eigenvalue weighted by Crippen LogP contribution is 2.48. The van der Waals surface area contributed by atoms with Crippen LogP contribution in [-0.2, 0) is 4.79 Å². The molecule has 118 valence electrons. The molecule has 1 amide bonds. The van der Waals surface area contributed by atoms with Crippen LogP contribution in [0.2, 0.25) is 0 Å². The van der Waals surface area contributed by atoms with E-state index in [0.717, 1.165) is 0 Å². The highest BCUT2D eigenvalue weighted by Gasteiger charge is 2.37. The van der Waals surface area contributed by atoms with Crippen molar-refractivity contribution in [1.29, 1.82) is 0 Å². The molecule has 1 aromatic carbocycles. The van der Waals surface area contributed by atoms with E-state index in [0.29, 0.717) is 5.69 Å². The third kappa shape index (κ3) is 3.48. The third-order valence-corrected chi connectivity index (χ3v) is 4.34. The average molecular weight is 330 g/mol. The number of alkyl halides is 2. The number of nitrogens with zero attached hydrogens (tertiary/aromatic N) is 3. The molecule has 0 saturated heterocycles. The lowest BCUT2D eigenvalue weighted by Crippen LogP contribution is -2.31. The van der Waals surface area contributed by atoms with Gasteiger partial charge in [-0.15, -0.1) is 0 Å². The van der Waals surface area contributed by atoms with Crippen LogP contribution < -0.4 is 14.4 Å². The van der Waals surface area contributed by atoms with Crippen molar-refractivity contribution in [3.05, 3.63) is 30.3 Å². The topological polar surface area (TPSA) is 64.6 Å². The number of ether oxygens (including phenoxy) is 2. The van der Waals surface area contributed by atoms with Crippen molar-refractivity contribution >= 4 is 22.1 Å². The number of anilines is 1. The first kappa shape index (κ1) is 16.1. The number of carbonyl (C=O) groups excluding carboxylic acids is 1. The SMILES string of the molecule is COc1nnc(OCC(=O)N(C)c2ccccc2)[s+]1C(F)F. The number of para-hydroxylation sites is 1. The standard InChI is InChI=1S/C13H14F2N3O3S/c1-18(9-6-4-3-5-7-9)10(19)8-21-13-17-16-12(20-2)22(13)11(14)15/h3-7,11H,8H2,1-2H3/q+1. The van der Waals surface area contributed by atoms with Gasteiger partial charge < -0.3 is 14.4 Å². The molecule has 0 saturated carbocycles. The quantitative estimate of drug-likeness (QED) is 0.762. The molecule has 0 aliphatic heterocycles. The number of amides is 1. The van der Waals surface area contributed by atoms with Crippen LogP contribution in [0.15, 0.2) is 30.3 Å². The van der Waals surface area contributed by atoms with E-state index in [4.69, 9.17) is 9.47 Å².